The first-order valence-electron chi connectivity index (χ1n) is 5.23. The lowest BCUT2D eigenvalue weighted by atomic mass is 10.1. The monoisotopic (exact) mass is 249 g/mol. The van der Waals surface area contributed by atoms with Gasteiger partial charge in [-0.05, 0) is 36.8 Å². The minimum Gasteiger partial charge on any atom is -0.389 e. The standard InChI is InChI=1S/C13H12FNOS/c1-9(16)10-5-6-12(11(14)8-10)17-13-4-2-3-7-15-13/h2-9,16H,1H3/t9-/m1/s1. The molecule has 1 atom stereocenters. The zero-order chi connectivity index (χ0) is 12.3. The number of pyridine rings is 1. The lowest BCUT2D eigenvalue weighted by Gasteiger charge is -2.07. The SMILES string of the molecule is C[C@@H](O)c1ccc(Sc2ccccn2)c(F)c1. The first-order valence-corrected chi connectivity index (χ1v) is 6.05. The summed E-state index contributed by atoms with van der Waals surface area (Å²) in [6.07, 6.45) is 1.02. The Morgan fingerprint density at radius 1 is 1.29 bits per heavy atom. The van der Waals surface area contributed by atoms with Gasteiger partial charge in [-0.1, -0.05) is 23.9 Å². The van der Waals surface area contributed by atoms with Crippen LogP contribution in [-0.2, 0) is 0 Å². The van der Waals surface area contributed by atoms with Crippen LogP contribution in [0.1, 0.15) is 18.6 Å². The fraction of sp³-hybridized carbons (Fsp3) is 0.154. The summed E-state index contributed by atoms with van der Waals surface area (Å²) in [5, 5.41) is 10.1. The molecule has 0 amide bonds. The first-order chi connectivity index (χ1) is 8.16. The molecule has 4 heteroatoms. The molecule has 0 saturated carbocycles. The molecular weight excluding hydrogens is 237 g/mol. The molecule has 1 aromatic carbocycles. The van der Waals surface area contributed by atoms with Crippen LogP contribution in [0.3, 0.4) is 0 Å². The van der Waals surface area contributed by atoms with Crippen molar-refractivity contribution >= 4 is 11.8 Å². The predicted octanol–water partition coefficient (Wildman–Crippen LogP) is 3.43. The Hall–Kier alpha value is -1.39. The lowest BCUT2D eigenvalue weighted by Crippen LogP contribution is -1.93. The molecule has 0 unspecified atom stereocenters. The zero-order valence-electron chi connectivity index (χ0n) is 9.30. The Morgan fingerprint density at radius 3 is 2.71 bits per heavy atom. The number of hydrogen-bond donors (Lipinski definition) is 1. The van der Waals surface area contributed by atoms with Crippen LogP contribution in [-0.4, -0.2) is 10.1 Å². The van der Waals surface area contributed by atoms with Gasteiger partial charge in [0.25, 0.3) is 0 Å². The van der Waals surface area contributed by atoms with E-state index in [0.717, 1.165) is 5.03 Å². The summed E-state index contributed by atoms with van der Waals surface area (Å²) in [7, 11) is 0. The highest BCUT2D eigenvalue weighted by atomic mass is 32.2. The van der Waals surface area contributed by atoms with Gasteiger partial charge < -0.3 is 5.11 Å². The second-order valence-corrected chi connectivity index (χ2v) is 4.70. The van der Waals surface area contributed by atoms with E-state index in [9.17, 15) is 9.50 Å². The Balaban J connectivity index is 2.23. The van der Waals surface area contributed by atoms with Crippen LogP contribution in [0.25, 0.3) is 0 Å². The molecule has 0 bridgehead atoms. The minimum atomic E-state index is -0.654. The molecule has 0 aliphatic rings. The molecule has 17 heavy (non-hydrogen) atoms. The Morgan fingerprint density at radius 2 is 2.12 bits per heavy atom. The second-order valence-electron chi connectivity index (χ2n) is 3.64. The molecule has 1 N–H and O–H groups in total. The van der Waals surface area contributed by atoms with Crippen LogP contribution in [0.15, 0.2) is 52.5 Å². The molecule has 0 radical (unpaired) electrons. The third kappa shape index (κ3) is 3.05. The van der Waals surface area contributed by atoms with Crippen molar-refractivity contribution in [1.82, 2.24) is 4.98 Å². The van der Waals surface area contributed by atoms with Gasteiger partial charge in [0.05, 0.1) is 6.10 Å². The van der Waals surface area contributed by atoms with E-state index in [1.807, 2.05) is 18.2 Å². The topological polar surface area (TPSA) is 33.1 Å². The maximum atomic E-state index is 13.7. The largest absolute Gasteiger partial charge is 0.389 e. The summed E-state index contributed by atoms with van der Waals surface area (Å²) in [6.45, 7) is 1.61. The van der Waals surface area contributed by atoms with Crippen molar-refractivity contribution in [2.45, 2.75) is 22.9 Å². The number of nitrogens with zero attached hydrogens (tertiary/aromatic N) is 1. The van der Waals surface area contributed by atoms with Crippen molar-refractivity contribution in [2.24, 2.45) is 0 Å². The van der Waals surface area contributed by atoms with Gasteiger partial charge in [0.15, 0.2) is 0 Å². The Kier molecular flexibility index (Phi) is 3.76. The van der Waals surface area contributed by atoms with E-state index >= 15 is 0 Å². The summed E-state index contributed by atoms with van der Waals surface area (Å²) in [4.78, 5) is 4.63. The van der Waals surface area contributed by atoms with Crippen molar-refractivity contribution in [3.05, 3.63) is 54.0 Å². The first kappa shape index (κ1) is 12.1. The van der Waals surface area contributed by atoms with Crippen LogP contribution in [0, 0.1) is 5.82 Å². The molecular formula is C13H12FNOS. The molecule has 1 aromatic heterocycles. The van der Waals surface area contributed by atoms with Crippen molar-refractivity contribution in [3.63, 3.8) is 0 Å². The molecule has 2 rings (SSSR count). The summed E-state index contributed by atoms with van der Waals surface area (Å²) >= 11 is 1.27. The fourth-order valence-electron chi connectivity index (χ4n) is 1.38. The normalized spacial score (nSPS) is 12.4. The smallest absolute Gasteiger partial charge is 0.137 e. The van der Waals surface area contributed by atoms with E-state index in [1.54, 1.807) is 25.3 Å². The highest BCUT2D eigenvalue weighted by Crippen LogP contribution is 2.29. The van der Waals surface area contributed by atoms with E-state index in [0.29, 0.717) is 10.5 Å². The number of aliphatic hydroxyl groups is 1. The molecule has 2 aromatic rings. The molecule has 2 nitrogen and oxygen atoms in total. The van der Waals surface area contributed by atoms with Crippen molar-refractivity contribution in [1.29, 1.82) is 0 Å². The van der Waals surface area contributed by atoms with Crippen LogP contribution in [0.2, 0.25) is 0 Å². The Labute approximate surface area is 104 Å². The number of halogens is 1. The van der Waals surface area contributed by atoms with E-state index in [2.05, 4.69) is 4.98 Å². The van der Waals surface area contributed by atoms with Gasteiger partial charge in [0, 0.05) is 11.1 Å². The van der Waals surface area contributed by atoms with Gasteiger partial charge in [-0.25, -0.2) is 9.37 Å². The predicted molar refractivity (Wildman–Crippen MR) is 65.4 cm³/mol. The third-order valence-electron chi connectivity index (χ3n) is 2.29. The molecule has 0 saturated heterocycles. The van der Waals surface area contributed by atoms with E-state index in [-0.39, 0.29) is 5.82 Å². The zero-order valence-corrected chi connectivity index (χ0v) is 10.1. The van der Waals surface area contributed by atoms with Crippen LogP contribution in [0.4, 0.5) is 4.39 Å². The molecule has 0 aliphatic carbocycles. The second kappa shape index (κ2) is 5.29. The summed E-state index contributed by atoms with van der Waals surface area (Å²) < 4.78 is 13.7. The van der Waals surface area contributed by atoms with E-state index < -0.39 is 6.10 Å². The quantitative estimate of drug-likeness (QED) is 0.904. The van der Waals surface area contributed by atoms with Gasteiger partial charge in [0.1, 0.15) is 10.8 Å². The van der Waals surface area contributed by atoms with Gasteiger partial charge in [-0.3, -0.25) is 0 Å². The van der Waals surface area contributed by atoms with Gasteiger partial charge in [-0.15, -0.1) is 0 Å². The number of benzene rings is 1. The number of aromatic nitrogens is 1. The summed E-state index contributed by atoms with van der Waals surface area (Å²) in [5.41, 5.74) is 0.577. The average Bonchev–Trinajstić information content (AvgIpc) is 2.33. The van der Waals surface area contributed by atoms with Gasteiger partial charge in [0.2, 0.25) is 0 Å². The van der Waals surface area contributed by atoms with Crippen molar-refractivity contribution in [3.8, 4) is 0 Å². The van der Waals surface area contributed by atoms with Gasteiger partial charge >= 0.3 is 0 Å². The van der Waals surface area contributed by atoms with E-state index in [1.165, 1.54) is 17.8 Å². The van der Waals surface area contributed by atoms with E-state index in [4.69, 9.17) is 0 Å². The van der Waals surface area contributed by atoms with Crippen molar-refractivity contribution < 1.29 is 9.50 Å². The molecule has 0 fully saturated rings. The minimum absolute atomic E-state index is 0.334. The molecule has 1 heterocycles. The number of aliphatic hydroxyl groups excluding tert-OH is 1. The molecule has 88 valence electrons. The number of rotatable bonds is 3. The lowest BCUT2D eigenvalue weighted by molar-refractivity contribution is 0.198. The average molecular weight is 249 g/mol. The van der Waals surface area contributed by atoms with Crippen LogP contribution in [0.5, 0.6) is 0 Å². The maximum absolute atomic E-state index is 13.7. The highest BCUT2D eigenvalue weighted by Gasteiger charge is 2.08. The summed E-state index contributed by atoms with van der Waals surface area (Å²) in [6, 6.07) is 10.2. The maximum Gasteiger partial charge on any atom is 0.137 e. The van der Waals surface area contributed by atoms with Gasteiger partial charge in [-0.2, -0.15) is 0 Å². The highest BCUT2D eigenvalue weighted by molar-refractivity contribution is 7.99. The Bertz CT molecular complexity index is 502. The molecule has 0 spiro atoms. The van der Waals surface area contributed by atoms with Crippen LogP contribution < -0.4 is 0 Å². The molecule has 0 aliphatic heterocycles. The summed E-state index contributed by atoms with van der Waals surface area (Å²) in [5.74, 6) is -0.334. The van der Waals surface area contributed by atoms with Crippen LogP contribution >= 0.6 is 11.8 Å². The van der Waals surface area contributed by atoms with Crippen molar-refractivity contribution in [2.75, 3.05) is 0 Å². The number of hydrogen-bond acceptors (Lipinski definition) is 3. The third-order valence-corrected chi connectivity index (χ3v) is 3.29. The fourth-order valence-corrected chi connectivity index (χ4v) is 2.16.